The van der Waals surface area contributed by atoms with Crippen molar-refractivity contribution >= 4 is 11.3 Å². The zero-order valence-corrected chi connectivity index (χ0v) is 10.3. The standard InChI is InChI=1S/C12H16N2OS/c1-2-10-3-4-12(16-10)11(9-13)14-5-7-15-8-6-14/h3-4,11H,2,5-8H2,1H3. The van der Waals surface area contributed by atoms with Crippen LogP contribution in [0.1, 0.15) is 22.7 Å². The Kier molecular flexibility index (Phi) is 3.94. The van der Waals surface area contributed by atoms with Crippen LogP contribution >= 0.6 is 11.3 Å². The predicted molar refractivity (Wildman–Crippen MR) is 64.4 cm³/mol. The molecule has 16 heavy (non-hydrogen) atoms. The van der Waals surface area contributed by atoms with Crippen molar-refractivity contribution in [3.05, 3.63) is 21.9 Å². The largest absolute Gasteiger partial charge is 0.379 e. The summed E-state index contributed by atoms with van der Waals surface area (Å²) >= 11 is 1.75. The predicted octanol–water partition coefficient (Wildman–Crippen LogP) is 2.21. The van der Waals surface area contributed by atoms with Gasteiger partial charge in [0, 0.05) is 22.8 Å². The third-order valence-corrected chi connectivity index (χ3v) is 4.12. The molecule has 0 radical (unpaired) electrons. The molecule has 3 nitrogen and oxygen atoms in total. The average Bonchev–Trinajstić information content (AvgIpc) is 2.80. The molecule has 1 fully saturated rings. The minimum atomic E-state index is -0.0887. The lowest BCUT2D eigenvalue weighted by molar-refractivity contribution is 0.0272. The Bertz CT molecular complexity index is 377. The van der Waals surface area contributed by atoms with Gasteiger partial charge in [-0.25, -0.2) is 0 Å². The summed E-state index contributed by atoms with van der Waals surface area (Å²) in [5.41, 5.74) is 0. The Balaban J connectivity index is 2.12. The fourth-order valence-electron chi connectivity index (χ4n) is 1.89. The van der Waals surface area contributed by atoms with Gasteiger partial charge in [-0.3, -0.25) is 4.90 Å². The SMILES string of the molecule is CCc1ccc(C(C#N)N2CCOCC2)s1. The van der Waals surface area contributed by atoms with Crippen LogP contribution in [0.25, 0.3) is 0 Å². The molecule has 2 heterocycles. The maximum atomic E-state index is 9.29. The molecule has 2 rings (SSSR count). The molecule has 1 aromatic rings. The van der Waals surface area contributed by atoms with Gasteiger partial charge < -0.3 is 4.74 Å². The summed E-state index contributed by atoms with van der Waals surface area (Å²) in [7, 11) is 0. The first kappa shape index (κ1) is 11.6. The molecule has 1 saturated heterocycles. The second kappa shape index (κ2) is 5.44. The molecular weight excluding hydrogens is 220 g/mol. The smallest absolute Gasteiger partial charge is 0.133 e. The minimum absolute atomic E-state index is 0.0887. The Morgan fingerprint density at radius 3 is 2.81 bits per heavy atom. The van der Waals surface area contributed by atoms with E-state index < -0.39 is 0 Å². The van der Waals surface area contributed by atoms with E-state index in [4.69, 9.17) is 4.74 Å². The van der Waals surface area contributed by atoms with Crippen molar-refractivity contribution in [1.29, 1.82) is 5.26 Å². The van der Waals surface area contributed by atoms with Gasteiger partial charge in [-0.2, -0.15) is 5.26 Å². The van der Waals surface area contributed by atoms with Crippen molar-refractivity contribution in [2.75, 3.05) is 26.3 Å². The Labute approximate surface area is 100 Å². The number of nitriles is 1. The van der Waals surface area contributed by atoms with E-state index in [2.05, 4.69) is 30.0 Å². The topological polar surface area (TPSA) is 36.3 Å². The molecule has 1 atom stereocenters. The third kappa shape index (κ3) is 2.43. The molecular formula is C12H16N2OS. The van der Waals surface area contributed by atoms with Gasteiger partial charge in [0.2, 0.25) is 0 Å². The van der Waals surface area contributed by atoms with Crippen LogP contribution in [-0.4, -0.2) is 31.2 Å². The molecule has 0 spiro atoms. The number of rotatable bonds is 3. The van der Waals surface area contributed by atoms with Crippen molar-refractivity contribution in [3.8, 4) is 6.07 Å². The Hall–Kier alpha value is -0.890. The van der Waals surface area contributed by atoms with Crippen molar-refractivity contribution in [1.82, 2.24) is 4.90 Å². The normalized spacial score (nSPS) is 19.2. The zero-order chi connectivity index (χ0) is 11.4. The molecule has 1 aliphatic heterocycles. The summed E-state index contributed by atoms with van der Waals surface area (Å²) in [5, 5.41) is 9.29. The highest BCUT2D eigenvalue weighted by molar-refractivity contribution is 7.12. The van der Waals surface area contributed by atoms with Crippen LogP contribution in [0.15, 0.2) is 12.1 Å². The first-order valence-corrected chi connectivity index (χ1v) is 6.47. The van der Waals surface area contributed by atoms with Gasteiger partial charge >= 0.3 is 0 Å². The molecule has 0 saturated carbocycles. The average molecular weight is 236 g/mol. The molecule has 1 unspecified atom stereocenters. The number of hydrogen-bond donors (Lipinski definition) is 0. The molecule has 86 valence electrons. The molecule has 0 N–H and O–H groups in total. The van der Waals surface area contributed by atoms with Gasteiger partial charge in [-0.05, 0) is 18.6 Å². The van der Waals surface area contributed by atoms with E-state index in [-0.39, 0.29) is 6.04 Å². The molecule has 0 amide bonds. The number of aryl methyl sites for hydroxylation is 1. The summed E-state index contributed by atoms with van der Waals surface area (Å²) in [6.45, 7) is 5.34. The number of ether oxygens (including phenoxy) is 1. The fraction of sp³-hybridized carbons (Fsp3) is 0.583. The van der Waals surface area contributed by atoms with E-state index in [0.29, 0.717) is 0 Å². The number of thiophene rings is 1. The van der Waals surface area contributed by atoms with Gasteiger partial charge in [0.1, 0.15) is 6.04 Å². The molecule has 1 aromatic heterocycles. The highest BCUT2D eigenvalue weighted by atomic mass is 32.1. The maximum Gasteiger partial charge on any atom is 0.133 e. The first-order chi connectivity index (χ1) is 7.85. The summed E-state index contributed by atoms with van der Waals surface area (Å²) in [6.07, 6.45) is 1.05. The third-order valence-electron chi connectivity index (χ3n) is 2.83. The fourth-order valence-corrected chi connectivity index (χ4v) is 2.93. The zero-order valence-electron chi connectivity index (χ0n) is 9.48. The minimum Gasteiger partial charge on any atom is -0.379 e. The van der Waals surface area contributed by atoms with Crippen LogP contribution in [-0.2, 0) is 11.2 Å². The summed E-state index contributed by atoms with van der Waals surface area (Å²) < 4.78 is 5.31. The van der Waals surface area contributed by atoms with Gasteiger partial charge in [0.05, 0.1) is 19.3 Å². The molecule has 4 heteroatoms. The number of nitrogens with zero attached hydrogens (tertiary/aromatic N) is 2. The van der Waals surface area contributed by atoms with E-state index in [1.165, 1.54) is 9.75 Å². The van der Waals surface area contributed by atoms with E-state index >= 15 is 0 Å². The van der Waals surface area contributed by atoms with Gasteiger partial charge in [0.15, 0.2) is 0 Å². The van der Waals surface area contributed by atoms with E-state index in [9.17, 15) is 5.26 Å². The van der Waals surface area contributed by atoms with E-state index in [1.54, 1.807) is 11.3 Å². The lowest BCUT2D eigenvalue weighted by Gasteiger charge is -2.29. The van der Waals surface area contributed by atoms with Crippen LogP contribution in [0.2, 0.25) is 0 Å². The number of morpholine rings is 1. The van der Waals surface area contributed by atoms with Crippen molar-refractivity contribution in [3.63, 3.8) is 0 Å². The maximum absolute atomic E-state index is 9.29. The molecule has 1 aliphatic rings. The first-order valence-electron chi connectivity index (χ1n) is 5.65. The quantitative estimate of drug-likeness (QED) is 0.807. The highest BCUT2D eigenvalue weighted by Gasteiger charge is 2.23. The molecule has 0 aromatic carbocycles. The van der Waals surface area contributed by atoms with E-state index in [0.717, 1.165) is 32.7 Å². The summed E-state index contributed by atoms with van der Waals surface area (Å²) in [5.74, 6) is 0. The van der Waals surface area contributed by atoms with Crippen molar-refractivity contribution in [2.45, 2.75) is 19.4 Å². The highest BCUT2D eigenvalue weighted by Crippen LogP contribution is 2.28. The molecule has 0 aliphatic carbocycles. The molecule has 0 bridgehead atoms. The van der Waals surface area contributed by atoms with Crippen molar-refractivity contribution in [2.24, 2.45) is 0 Å². The Morgan fingerprint density at radius 2 is 2.25 bits per heavy atom. The Morgan fingerprint density at radius 1 is 1.50 bits per heavy atom. The van der Waals surface area contributed by atoms with E-state index in [1.807, 2.05) is 0 Å². The summed E-state index contributed by atoms with van der Waals surface area (Å²) in [4.78, 5) is 4.72. The van der Waals surface area contributed by atoms with Gasteiger partial charge in [-0.1, -0.05) is 6.92 Å². The lowest BCUT2D eigenvalue weighted by Crippen LogP contribution is -2.38. The summed E-state index contributed by atoms with van der Waals surface area (Å²) in [6, 6.07) is 6.54. The van der Waals surface area contributed by atoms with Crippen LogP contribution in [0, 0.1) is 11.3 Å². The second-order valence-electron chi connectivity index (χ2n) is 3.84. The van der Waals surface area contributed by atoms with Crippen LogP contribution < -0.4 is 0 Å². The number of hydrogen-bond acceptors (Lipinski definition) is 4. The van der Waals surface area contributed by atoms with Crippen LogP contribution in [0.4, 0.5) is 0 Å². The van der Waals surface area contributed by atoms with Crippen LogP contribution in [0.5, 0.6) is 0 Å². The second-order valence-corrected chi connectivity index (χ2v) is 5.04. The van der Waals surface area contributed by atoms with Crippen molar-refractivity contribution < 1.29 is 4.74 Å². The monoisotopic (exact) mass is 236 g/mol. The van der Waals surface area contributed by atoms with Gasteiger partial charge in [-0.15, -0.1) is 11.3 Å². The lowest BCUT2D eigenvalue weighted by atomic mass is 10.2. The van der Waals surface area contributed by atoms with Gasteiger partial charge in [0.25, 0.3) is 0 Å². The van der Waals surface area contributed by atoms with Crippen LogP contribution in [0.3, 0.4) is 0 Å².